The normalized spacial score (nSPS) is 16.2. The van der Waals surface area contributed by atoms with E-state index in [-0.39, 0.29) is 17.9 Å². The Balaban J connectivity index is 1.47. The largest absolute Gasteiger partial charge is 0.357 e. The van der Waals surface area contributed by atoms with Crippen molar-refractivity contribution in [1.29, 1.82) is 5.26 Å². The molecule has 0 aromatic carbocycles. The van der Waals surface area contributed by atoms with E-state index in [0.717, 1.165) is 31.7 Å². The van der Waals surface area contributed by atoms with Crippen molar-refractivity contribution in [1.82, 2.24) is 20.1 Å². The van der Waals surface area contributed by atoms with Crippen LogP contribution in [0.4, 0.5) is 5.82 Å². The Bertz CT molecular complexity index is 726. The van der Waals surface area contributed by atoms with Gasteiger partial charge in [0.1, 0.15) is 11.9 Å². The van der Waals surface area contributed by atoms with Crippen LogP contribution >= 0.6 is 0 Å². The lowest BCUT2D eigenvalue weighted by Gasteiger charge is -2.32. The molecule has 25 heavy (non-hydrogen) atoms. The van der Waals surface area contributed by atoms with Gasteiger partial charge in [-0.05, 0) is 38.0 Å². The lowest BCUT2D eigenvalue weighted by molar-refractivity contribution is -0.126. The average molecular weight is 338 g/mol. The molecule has 2 aromatic heterocycles. The molecule has 7 heteroatoms. The molecule has 1 aliphatic rings. The summed E-state index contributed by atoms with van der Waals surface area (Å²) in [6.07, 6.45) is 6.84. The van der Waals surface area contributed by atoms with Crippen LogP contribution in [0.25, 0.3) is 0 Å². The summed E-state index contributed by atoms with van der Waals surface area (Å²) in [6.45, 7) is 4.26. The van der Waals surface area contributed by atoms with Crippen molar-refractivity contribution in [2.45, 2.75) is 32.4 Å². The SMILES string of the molecule is C[C@@H](Cn1cccn1)NC(=O)C1CCN(c2ccc(C#N)cn2)CC1. The van der Waals surface area contributed by atoms with Crippen LogP contribution in [0.3, 0.4) is 0 Å². The van der Waals surface area contributed by atoms with Gasteiger partial charge < -0.3 is 10.2 Å². The zero-order valence-corrected chi connectivity index (χ0v) is 14.3. The van der Waals surface area contributed by atoms with E-state index >= 15 is 0 Å². The number of rotatable bonds is 5. The van der Waals surface area contributed by atoms with Crippen LogP contribution in [-0.4, -0.2) is 39.8 Å². The van der Waals surface area contributed by atoms with Crippen molar-refractivity contribution >= 4 is 11.7 Å². The third-order valence-electron chi connectivity index (χ3n) is 4.48. The highest BCUT2D eigenvalue weighted by Gasteiger charge is 2.26. The lowest BCUT2D eigenvalue weighted by Crippen LogP contribution is -2.44. The number of pyridine rings is 1. The van der Waals surface area contributed by atoms with Crippen LogP contribution in [0, 0.1) is 17.2 Å². The molecule has 3 heterocycles. The fraction of sp³-hybridized carbons (Fsp3) is 0.444. The number of hydrogen-bond donors (Lipinski definition) is 1. The maximum atomic E-state index is 12.5. The molecule has 1 amide bonds. The summed E-state index contributed by atoms with van der Waals surface area (Å²) >= 11 is 0. The third-order valence-corrected chi connectivity index (χ3v) is 4.48. The second-order valence-corrected chi connectivity index (χ2v) is 6.42. The van der Waals surface area contributed by atoms with Gasteiger partial charge in [-0.2, -0.15) is 10.4 Å². The Hall–Kier alpha value is -2.88. The molecule has 1 N–H and O–H groups in total. The van der Waals surface area contributed by atoms with Crippen LogP contribution in [-0.2, 0) is 11.3 Å². The molecular formula is C18H22N6O. The molecule has 0 spiro atoms. The summed E-state index contributed by atoms with van der Waals surface area (Å²) in [5, 5.41) is 16.1. The van der Waals surface area contributed by atoms with Gasteiger partial charge >= 0.3 is 0 Å². The number of nitrogens with zero attached hydrogens (tertiary/aromatic N) is 5. The van der Waals surface area contributed by atoms with E-state index in [0.29, 0.717) is 12.1 Å². The Kier molecular flexibility index (Phi) is 5.29. The number of aromatic nitrogens is 3. The fourth-order valence-electron chi connectivity index (χ4n) is 3.11. The molecule has 0 aliphatic carbocycles. The van der Waals surface area contributed by atoms with Crippen molar-refractivity contribution < 1.29 is 4.79 Å². The van der Waals surface area contributed by atoms with Crippen molar-refractivity contribution in [3.8, 4) is 6.07 Å². The van der Waals surface area contributed by atoms with Crippen LogP contribution in [0.2, 0.25) is 0 Å². The van der Waals surface area contributed by atoms with E-state index < -0.39 is 0 Å². The minimum absolute atomic E-state index is 0.0368. The highest BCUT2D eigenvalue weighted by molar-refractivity contribution is 5.79. The summed E-state index contributed by atoms with van der Waals surface area (Å²) in [6, 6.07) is 7.64. The summed E-state index contributed by atoms with van der Waals surface area (Å²) in [5.41, 5.74) is 0.559. The van der Waals surface area contributed by atoms with E-state index in [9.17, 15) is 4.79 Å². The summed E-state index contributed by atoms with van der Waals surface area (Å²) < 4.78 is 1.82. The molecule has 0 radical (unpaired) electrons. The third kappa shape index (κ3) is 4.35. The highest BCUT2D eigenvalue weighted by atomic mass is 16.1. The Morgan fingerprint density at radius 2 is 2.24 bits per heavy atom. The summed E-state index contributed by atoms with van der Waals surface area (Å²) in [5.74, 6) is 1.02. The Morgan fingerprint density at radius 3 is 2.84 bits per heavy atom. The van der Waals surface area contributed by atoms with Crippen molar-refractivity contribution in [2.24, 2.45) is 5.92 Å². The molecule has 1 aliphatic heterocycles. The second-order valence-electron chi connectivity index (χ2n) is 6.42. The molecule has 3 rings (SSSR count). The van der Waals surface area contributed by atoms with Crippen LogP contribution in [0.5, 0.6) is 0 Å². The van der Waals surface area contributed by atoms with Crippen LogP contribution in [0.15, 0.2) is 36.8 Å². The first-order valence-electron chi connectivity index (χ1n) is 8.54. The molecule has 1 fully saturated rings. The number of piperidine rings is 1. The first kappa shape index (κ1) is 17.0. The lowest BCUT2D eigenvalue weighted by atomic mass is 9.95. The highest BCUT2D eigenvalue weighted by Crippen LogP contribution is 2.22. The number of amides is 1. The standard InChI is InChI=1S/C18H22N6O/c1-14(13-24-8-2-7-21-24)22-18(25)16-5-9-23(10-6-16)17-4-3-15(11-19)12-20-17/h2-4,7-8,12,14,16H,5-6,9-10,13H2,1H3,(H,22,25)/t14-/m0/s1. The Morgan fingerprint density at radius 1 is 1.44 bits per heavy atom. The molecule has 1 atom stereocenters. The molecule has 7 nitrogen and oxygen atoms in total. The van der Waals surface area contributed by atoms with Gasteiger partial charge in [0, 0.05) is 43.6 Å². The number of nitrogens with one attached hydrogen (secondary N) is 1. The van der Waals surface area contributed by atoms with E-state index in [1.807, 2.05) is 29.9 Å². The first-order chi connectivity index (χ1) is 12.2. The second kappa shape index (κ2) is 7.79. The van der Waals surface area contributed by atoms with Gasteiger partial charge in [0.25, 0.3) is 0 Å². The van der Waals surface area contributed by atoms with Crippen LogP contribution in [0.1, 0.15) is 25.3 Å². The first-order valence-corrected chi connectivity index (χ1v) is 8.54. The molecule has 130 valence electrons. The number of anilines is 1. The van der Waals surface area contributed by atoms with Crippen molar-refractivity contribution in [3.05, 3.63) is 42.4 Å². The van der Waals surface area contributed by atoms with Gasteiger partial charge in [-0.25, -0.2) is 4.98 Å². The average Bonchev–Trinajstić information content (AvgIpc) is 3.14. The van der Waals surface area contributed by atoms with Crippen molar-refractivity contribution in [3.63, 3.8) is 0 Å². The van der Waals surface area contributed by atoms with E-state index in [2.05, 4.69) is 26.4 Å². The fourth-order valence-corrected chi connectivity index (χ4v) is 3.11. The predicted octanol–water partition coefficient (Wildman–Crippen LogP) is 1.57. The van der Waals surface area contributed by atoms with E-state index in [1.54, 1.807) is 18.5 Å². The zero-order chi connectivity index (χ0) is 17.6. The zero-order valence-electron chi connectivity index (χ0n) is 14.3. The molecule has 0 saturated carbocycles. The van der Waals surface area contributed by atoms with Gasteiger partial charge in [-0.1, -0.05) is 0 Å². The minimum atomic E-state index is 0.0368. The topological polar surface area (TPSA) is 86.8 Å². The predicted molar refractivity (Wildman–Crippen MR) is 93.7 cm³/mol. The summed E-state index contributed by atoms with van der Waals surface area (Å²) in [7, 11) is 0. The number of hydrogen-bond acceptors (Lipinski definition) is 5. The maximum Gasteiger partial charge on any atom is 0.223 e. The van der Waals surface area contributed by atoms with Crippen molar-refractivity contribution in [2.75, 3.05) is 18.0 Å². The maximum absolute atomic E-state index is 12.5. The molecular weight excluding hydrogens is 316 g/mol. The molecule has 1 saturated heterocycles. The van der Waals surface area contributed by atoms with Gasteiger partial charge in [0.05, 0.1) is 12.1 Å². The van der Waals surface area contributed by atoms with E-state index in [1.165, 1.54) is 0 Å². The van der Waals surface area contributed by atoms with Gasteiger partial charge in [0.15, 0.2) is 0 Å². The van der Waals surface area contributed by atoms with Gasteiger partial charge in [-0.15, -0.1) is 0 Å². The number of nitriles is 1. The monoisotopic (exact) mass is 338 g/mol. The van der Waals surface area contributed by atoms with Gasteiger partial charge in [-0.3, -0.25) is 9.48 Å². The van der Waals surface area contributed by atoms with Crippen LogP contribution < -0.4 is 10.2 Å². The quantitative estimate of drug-likeness (QED) is 0.894. The van der Waals surface area contributed by atoms with Gasteiger partial charge in [0.2, 0.25) is 5.91 Å². The molecule has 0 bridgehead atoms. The molecule has 2 aromatic rings. The minimum Gasteiger partial charge on any atom is -0.357 e. The molecule has 0 unspecified atom stereocenters. The number of carbonyl (C=O) groups excluding carboxylic acids is 1. The smallest absolute Gasteiger partial charge is 0.223 e. The van der Waals surface area contributed by atoms with E-state index in [4.69, 9.17) is 5.26 Å². The number of carbonyl (C=O) groups is 1. The summed E-state index contributed by atoms with van der Waals surface area (Å²) in [4.78, 5) is 18.9. The Labute approximate surface area is 147 Å².